The molecule has 0 aliphatic heterocycles. The van der Waals surface area contributed by atoms with Crippen molar-refractivity contribution < 1.29 is 9.84 Å². The topological polar surface area (TPSA) is 41.5 Å². The Morgan fingerprint density at radius 2 is 1.86 bits per heavy atom. The monoisotopic (exact) mass is 285 g/mol. The fourth-order valence-corrected chi connectivity index (χ4v) is 2.14. The number of nitrogens with one attached hydrogen (secondary N) is 1. The lowest BCUT2D eigenvalue weighted by Gasteiger charge is -2.18. The van der Waals surface area contributed by atoms with Crippen LogP contribution in [0.1, 0.15) is 24.1 Å². The van der Waals surface area contributed by atoms with E-state index in [1.165, 1.54) is 11.1 Å². The van der Waals surface area contributed by atoms with Gasteiger partial charge in [0, 0.05) is 12.6 Å². The fourth-order valence-electron chi connectivity index (χ4n) is 2.14. The summed E-state index contributed by atoms with van der Waals surface area (Å²) in [6.07, 6.45) is -0.530. The summed E-state index contributed by atoms with van der Waals surface area (Å²) in [6, 6.07) is 18.1. The number of aliphatic hydroxyl groups is 1. The Morgan fingerprint density at radius 1 is 1.10 bits per heavy atom. The van der Waals surface area contributed by atoms with E-state index in [1.807, 2.05) is 30.3 Å². The van der Waals surface area contributed by atoms with Gasteiger partial charge in [0.25, 0.3) is 0 Å². The zero-order valence-corrected chi connectivity index (χ0v) is 12.6. The zero-order chi connectivity index (χ0) is 15.1. The minimum absolute atomic E-state index is 0.205. The molecule has 3 heteroatoms. The van der Waals surface area contributed by atoms with Gasteiger partial charge < -0.3 is 15.2 Å². The van der Waals surface area contributed by atoms with Crippen LogP contribution in [0.25, 0.3) is 0 Å². The van der Waals surface area contributed by atoms with Crippen LogP contribution < -0.4 is 10.1 Å². The standard InChI is InChI=1S/C18H23NO2/c1-14-7-6-8-16(11-14)15(2)19-12-17(20)13-21-18-9-4-3-5-10-18/h3-11,15,17,19-20H,12-13H2,1-2H3/t15-,17?/m0/s1. The van der Waals surface area contributed by atoms with Gasteiger partial charge in [-0.3, -0.25) is 0 Å². The molecule has 0 aromatic heterocycles. The highest BCUT2D eigenvalue weighted by molar-refractivity contribution is 5.24. The van der Waals surface area contributed by atoms with Crippen LogP contribution in [0.4, 0.5) is 0 Å². The second kappa shape index (κ2) is 7.81. The quantitative estimate of drug-likeness (QED) is 0.821. The van der Waals surface area contributed by atoms with E-state index in [4.69, 9.17) is 4.74 Å². The molecular formula is C18H23NO2. The summed E-state index contributed by atoms with van der Waals surface area (Å²) in [5, 5.41) is 13.3. The van der Waals surface area contributed by atoms with Crippen LogP contribution in [0.15, 0.2) is 54.6 Å². The van der Waals surface area contributed by atoms with E-state index in [0.29, 0.717) is 6.54 Å². The number of para-hydroxylation sites is 1. The minimum Gasteiger partial charge on any atom is -0.491 e. The van der Waals surface area contributed by atoms with Crippen LogP contribution in [0, 0.1) is 6.92 Å². The van der Waals surface area contributed by atoms with E-state index >= 15 is 0 Å². The Labute approximate surface area is 126 Å². The van der Waals surface area contributed by atoms with Crippen LogP contribution in [0.2, 0.25) is 0 Å². The summed E-state index contributed by atoms with van der Waals surface area (Å²) in [6.45, 7) is 4.97. The molecule has 1 unspecified atom stereocenters. The van der Waals surface area contributed by atoms with Gasteiger partial charge in [0.05, 0.1) is 0 Å². The highest BCUT2D eigenvalue weighted by Gasteiger charge is 2.09. The summed E-state index contributed by atoms with van der Waals surface area (Å²) in [5.74, 6) is 0.781. The normalized spacial score (nSPS) is 13.7. The second-order valence-corrected chi connectivity index (χ2v) is 5.32. The predicted molar refractivity (Wildman–Crippen MR) is 85.5 cm³/mol. The zero-order valence-electron chi connectivity index (χ0n) is 12.6. The third-order valence-corrected chi connectivity index (χ3v) is 3.39. The Morgan fingerprint density at radius 3 is 2.57 bits per heavy atom. The molecule has 0 saturated heterocycles. The molecule has 2 aromatic carbocycles. The van der Waals surface area contributed by atoms with Crippen molar-refractivity contribution in [3.05, 3.63) is 65.7 Å². The van der Waals surface area contributed by atoms with Crippen molar-refractivity contribution in [1.82, 2.24) is 5.32 Å². The Balaban J connectivity index is 1.74. The van der Waals surface area contributed by atoms with Crippen molar-refractivity contribution in [3.63, 3.8) is 0 Å². The number of hydrogen-bond donors (Lipinski definition) is 2. The van der Waals surface area contributed by atoms with Crippen LogP contribution in [-0.2, 0) is 0 Å². The second-order valence-electron chi connectivity index (χ2n) is 5.32. The van der Waals surface area contributed by atoms with E-state index in [1.54, 1.807) is 0 Å². The number of ether oxygens (including phenoxy) is 1. The van der Waals surface area contributed by atoms with Crippen LogP contribution >= 0.6 is 0 Å². The molecular weight excluding hydrogens is 262 g/mol. The molecule has 0 radical (unpaired) electrons. The summed E-state index contributed by atoms with van der Waals surface area (Å²) in [5.41, 5.74) is 2.47. The fraction of sp³-hybridized carbons (Fsp3) is 0.333. The maximum Gasteiger partial charge on any atom is 0.119 e. The number of benzene rings is 2. The van der Waals surface area contributed by atoms with Crippen LogP contribution in [0.3, 0.4) is 0 Å². The number of aliphatic hydroxyl groups excluding tert-OH is 1. The molecule has 21 heavy (non-hydrogen) atoms. The van der Waals surface area contributed by atoms with Gasteiger partial charge in [0.2, 0.25) is 0 Å². The van der Waals surface area contributed by atoms with Crippen LogP contribution in [0.5, 0.6) is 5.75 Å². The van der Waals surface area contributed by atoms with Crippen LogP contribution in [-0.4, -0.2) is 24.4 Å². The molecule has 2 rings (SSSR count). The smallest absolute Gasteiger partial charge is 0.119 e. The van der Waals surface area contributed by atoms with E-state index in [9.17, 15) is 5.11 Å². The molecule has 3 nitrogen and oxygen atoms in total. The first-order valence-electron chi connectivity index (χ1n) is 7.31. The van der Waals surface area contributed by atoms with Gasteiger partial charge in [-0.1, -0.05) is 48.0 Å². The first-order valence-corrected chi connectivity index (χ1v) is 7.31. The van der Waals surface area contributed by atoms with Gasteiger partial charge in [-0.25, -0.2) is 0 Å². The molecule has 0 fully saturated rings. The maximum atomic E-state index is 9.97. The number of aryl methyl sites for hydroxylation is 1. The Kier molecular flexibility index (Phi) is 5.78. The lowest BCUT2D eigenvalue weighted by molar-refractivity contribution is 0.104. The van der Waals surface area contributed by atoms with Gasteiger partial charge >= 0.3 is 0 Å². The van der Waals surface area contributed by atoms with E-state index in [2.05, 4.69) is 43.4 Å². The van der Waals surface area contributed by atoms with Gasteiger partial charge in [0.1, 0.15) is 18.5 Å². The maximum absolute atomic E-state index is 9.97. The molecule has 0 amide bonds. The van der Waals surface area contributed by atoms with Gasteiger partial charge in [-0.2, -0.15) is 0 Å². The Bertz CT molecular complexity index is 542. The third-order valence-electron chi connectivity index (χ3n) is 3.39. The van der Waals surface area contributed by atoms with Crippen molar-refractivity contribution in [2.24, 2.45) is 0 Å². The van der Waals surface area contributed by atoms with Crippen molar-refractivity contribution in [2.45, 2.75) is 26.0 Å². The molecule has 0 saturated carbocycles. The lowest BCUT2D eigenvalue weighted by atomic mass is 10.1. The summed E-state index contributed by atoms with van der Waals surface area (Å²) in [7, 11) is 0. The predicted octanol–water partition coefficient (Wildman–Crippen LogP) is 3.09. The molecule has 0 bridgehead atoms. The number of rotatable bonds is 7. The molecule has 0 spiro atoms. The summed E-state index contributed by atoms with van der Waals surface area (Å²) < 4.78 is 5.53. The first-order chi connectivity index (χ1) is 10.1. The molecule has 2 N–H and O–H groups in total. The molecule has 2 aromatic rings. The average Bonchev–Trinajstić information content (AvgIpc) is 2.51. The van der Waals surface area contributed by atoms with Crippen molar-refractivity contribution >= 4 is 0 Å². The third kappa shape index (κ3) is 5.21. The average molecular weight is 285 g/mol. The largest absolute Gasteiger partial charge is 0.491 e. The SMILES string of the molecule is Cc1cccc([C@H](C)NCC(O)COc2ccccc2)c1. The van der Waals surface area contributed by atoms with Crippen molar-refractivity contribution in [2.75, 3.05) is 13.2 Å². The molecule has 0 aliphatic carbocycles. The first kappa shape index (κ1) is 15.5. The Hall–Kier alpha value is -1.84. The van der Waals surface area contributed by atoms with E-state index in [0.717, 1.165) is 5.75 Å². The summed E-state index contributed by atoms with van der Waals surface area (Å²) >= 11 is 0. The lowest BCUT2D eigenvalue weighted by Crippen LogP contribution is -2.33. The molecule has 0 heterocycles. The molecule has 0 aliphatic rings. The van der Waals surface area contributed by atoms with E-state index < -0.39 is 6.10 Å². The van der Waals surface area contributed by atoms with E-state index in [-0.39, 0.29) is 12.6 Å². The van der Waals surface area contributed by atoms with Crippen molar-refractivity contribution in [1.29, 1.82) is 0 Å². The number of hydrogen-bond acceptors (Lipinski definition) is 3. The van der Waals surface area contributed by atoms with Gasteiger partial charge in [-0.15, -0.1) is 0 Å². The van der Waals surface area contributed by atoms with Crippen molar-refractivity contribution in [3.8, 4) is 5.75 Å². The molecule has 2 atom stereocenters. The highest BCUT2D eigenvalue weighted by atomic mass is 16.5. The highest BCUT2D eigenvalue weighted by Crippen LogP contribution is 2.13. The minimum atomic E-state index is -0.530. The summed E-state index contributed by atoms with van der Waals surface area (Å²) in [4.78, 5) is 0. The van der Waals surface area contributed by atoms with Gasteiger partial charge in [-0.05, 0) is 31.5 Å². The van der Waals surface area contributed by atoms with Gasteiger partial charge in [0.15, 0.2) is 0 Å². The molecule has 112 valence electrons.